The van der Waals surface area contributed by atoms with Gasteiger partial charge in [-0.1, -0.05) is 0 Å². The van der Waals surface area contributed by atoms with Gasteiger partial charge in [0, 0.05) is 31.1 Å². The van der Waals surface area contributed by atoms with E-state index in [4.69, 9.17) is 0 Å². The van der Waals surface area contributed by atoms with E-state index in [1.165, 1.54) is 0 Å². The van der Waals surface area contributed by atoms with Gasteiger partial charge in [-0.15, -0.1) is 0 Å². The molecule has 2 aromatic rings. The lowest BCUT2D eigenvalue weighted by Gasteiger charge is -2.10. The van der Waals surface area contributed by atoms with Crippen molar-refractivity contribution >= 4 is 5.82 Å². The van der Waals surface area contributed by atoms with Crippen LogP contribution in [0.4, 0.5) is 5.82 Å². The standard InChI is InChI=1S/C9H13N5/c1-7(8-5-10-11-6-8)12-9-3-4-14(2)13-9/h3-7H,1-2H3,(H,10,11)(H,12,13). The van der Waals surface area contributed by atoms with E-state index in [1.807, 2.05) is 25.5 Å². The van der Waals surface area contributed by atoms with Gasteiger partial charge in [-0.05, 0) is 6.92 Å². The van der Waals surface area contributed by atoms with Gasteiger partial charge in [0.25, 0.3) is 0 Å². The van der Waals surface area contributed by atoms with Gasteiger partial charge >= 0.3 is 0 Å². The first-order valence-electron chi connectivity index (χ1n) is 4.50. The highest BCUT2D eigenvalue weighted by Gasteiger charge is 2.06. The van der Waals surface area contributed by atoms with Crippen LogP contribution in [0.5, 0.6) is 0 Å². The van der Waals surface area contributed by atoms with Gasteiger partial charge in [0.15, 0.2) is 0 Å². The van der Waals surface area contributed by atoms with Gasteiger partial charge in [-0.25, -0.2) is 0 Å². The van der Waals surface area contributed by atoms with E-state index in [-0.39, 0.29) is 6.04 Å². The third kappa shape index (κ3) is 1.76. The number of aromatic amines is 1. The van der Waals surface area contributed by atoms with E-state index >= 15 is 0 Å². The topological polar surface area (TPSA) is 58.5 Å². The second-order valence-electron chi connectivity index (χ2n) is 3.27. The van der Waals surface area contributed by atoms with Crippen LogP contribution in [0.1, 0.15) is 18.5 Å². The fourth-order valence-electron chi connectivity index (χ4n) is 1.29. The van der Waals surface area contributed by atoms with Gasteiger partial charge in [0.1, 0.15) is 5.82 Å². The molecule has 0 aromatic carbocycles. The normalized spacial score (nSPS) is 12.7. The number of aryl methyl sites for hydroxylation is 1. The number of nitrogens with one attached hydrogen (secondary N) is 2. The number of anilines is 1. The largest absolute Gasteiger partial charge is 0.362 e. The molecular weight excluding hydrogens is 178 g/mol. The molecule has 1 unspecified atom stereocenters. The maximum Gasteiger partial charge on any atom is 0.148 e. The van der Waals surface area contributed by atoms with Crippen LogP contribution < -0.4 is 5.32 Å². The lowest BCUT2D eigenvalue weighted by Crippen LogP contribution is -2.06. The van der Waals surface area contributed by atoms with E-state index in [9.17, 15) is 0 Å². The van der Waals surface area contributed by atoms with Crippen LogP contribution in [-0.2, 0) is 7.05 Å². The fourth-order valence-corrected chi connectivity index (χ4v) is 1.29. The lowest BCUT2D eigenvalue weighted by atomic mass is 10.2. The molecular formula is C9H13N5. The van der Waals surface area contributed by atoms with Crippen molar-refractivity contribution in [3.05, 3.63) is 30.2 Å². The summed E-state index contributed by atoms with van der Waals surface area (Å²) in [4.78, 5) is 0. The van der Waals surface area contributed by atoms with Gasteiger partial charge in [0.05, 0.1) is 12.2 Å². The van der Waals surface area contributed by atoms with Crippen molar-refractivity contribution in [2.45, 2.75) is 13.0 Å². The second-order valence-corrected chi connectivity index (χ2v) is 3.27. The van der Waals surface area contributed by atoms with Crippen LogP contribution in [0.25, 0.3) is 0 Å². The monoisotopic (exact) mass is 191 g/mol. The Labute approximate surface area is 82.1 Å². The molecule has 0 amide bonds. The molecule has 0 aliphatic carbocycles. The van der Waals surface area contributed by atoms with Gasteiger partial charge < -0.3 is 5.32 Å². The van der Waals surface area contributed by atoms with Crippen LogP contribution >= 0.6 is 0 Å². The summed E-state index contributed by atoms with van der Waals surface area (Å²) < 4.78 is 1.77. The second kappa shape index (κ2) is 3.53. The zero-order valence-electron chi connectivity index (χ0n) is 8.23. The van der Waals surface area contributed by atoms with Gasteiger partial charge in [-0.2, -0.15) is 10.2 Å². The molecule has 74 valence electrons. The van der Waals surface area contributed by atoms with E-state index in [2.05, 4.69) is 27.5 Å². The minimum absolute atomic E-state index is 0.212. The predicted molar refractivity (Wildman–Crippen MR) is 53.8 cm³/mol. The summed E-state index contributed by atoms with van der Waals surface area (Å²) in [7, 11) is 1.90. The summed E-state index contributed by atoms with van der Waals surface area (Å²) >= 11 is 0. The van der Waals surface area contributed by atoms with E-state index < -0.39 is 0 Å². The minimum Gasteiger partial charge on any atom is -0.362 e. The number of hydrogen-bond acceptors (Lipinski definition) is 3. The Morgan fingerprint density at radius 2 is 2.43 bits per heavy atom. The fraction of sp³-hybridized carbons (Fsp3) is 0.333. The van der Waals surface area contributed by atoms with Crippen molar-refractivity contribution in [2.24, 2.45) is 7.05 Å². The Kier molecular flexibility index (Phi) is 2.22. The Morgan fingerprint density at radius 1 is 1.57 bits per heavy atom. The van der Waals surface area contributed by atoms with Crippen LogP contribution in [0.15, 0.2) is 24.7 Å². The highest BCUT2D eigenvalue weighted by molar-refractivity contribution is 5.35. The van der Waals surface area contributed by atoms with E-state index in [0.29, 0.717) is 0 Å². The molecule has 2 aromatic heterocycles. The van der Waals surface area contributed by atoms with Crippen LogP contribution in [0, 0.1) is 0 Å². The molecule has 0 spiro atoms. The van der Waals surface area contributed by atoms with Crippen LogP contribution in [0.3, 0.4) is 0 Å². The molecule has 2 heterocycles. The number of aromatic nitrogens is 4. The van der Waals surface area contributed by atoms with Crippen molar-refractivity contribution in [3.8, 4) is 0 Å². The maximum atomic E-state index is 4.24. The highest BCUT2D eigenvalue weighted by atomic mass is 15.3. The number of H-pyrrole nitrogens is 1. The molecule has 0 saturated carbocycles. The molecule has 1 atom stereocenters. The minimum atomic E-state index is 0.212. The molecule has 5 heteroatoms. The van der Waals surface area contributed by atoms with Crippen molar-refractivity contribution in [3.63, 3.8) is 0 Å². The molecule has 0 fully saturated rings. The Hall–Kier alpha value is -1.78. The smallest absolute Gasteiger partial charge is 0.148 e. The molecule has 0 radical (unpaired) electrons. The Balaban J connectivity index is 2.05. The number of nitrogens with zero attached hydrogens (tertiary/aromatic N) is 3. The Bertz CT molecular complexity index is 389. The van der Waals surface area contributed by atoms with Crippen molar-refractivity contribution < 1.29 is 0 Å². The maximum absolute atomic E-state index is 4.24. The van der Waals surface area contributed by atoms with Crippen molar-refractivity contribution in [1.82, 2.24) is 20.0 Å². The summed E-state index contributed by atoms with van der Waals surface area (Å²) in [6.45, 7) is 2.07. The van der Waals surface area contributed by atoms with Crippen molar-refractivity contribution in [1.29, 1.82) is 0 Å². The zero-order chi connectivity index (χ0) is 9.97. The lowest BCUT2D eigenvalue weighted by molar-refractivity contribution is 0.760. The number of hydrogen-bond donors (Lipinski definition) is 2. The molecule has 0 saturated heterocycles. The molecule has 14 heavy (non-hydrogen) atoms. The number of rotatable bonds is 3. The first kappa shape index (κ1) is 8.80. The SMILES string of the molecule is CC(Nc1ccn(C)n1)c1cn[nH]c1. The molecule has 0 bridgehead atoms. The first-order valence-corrected chi connectivity index (χ1v) is 4.50. The summed E-state index contributed by atoms with van der Waals surface area (Å²) in [5.41, 5.74) is 1.12. The zero-order valence-corrected chi connectivity index (χ0v) is 8.23. The summed E-state index contributed by atoms with van der Waals surface area (Å²) in [5, 5.41) is 14.2. The molecule has 2 rings (SSSR count). The highest BCUT2D eigenvalue weighted by Crippen LogP contribution is 2.15. The molecule has 2 N–H and O–H groups in total. The third-order valence-electron chi connectivity index (χ3n) is 2.10. The van der Waals surface area contributed by atoms with E-state index in [0.717, 1.165) is 11.4 Å². The summed E-state index contributed by atoms with van der Waals surface area (Å²) in [6, 6.07) is 2.15. The average Bonchev–Trinajstić information content (AvgIpc) is 2.75. The average molecular weight is 191 g/mol. The van der Waals surface area contributed by atoms with Crippen molar-refractivity contribution in [2.75, 3.05) is 5.32 Å². The summed E-state index contributed by atoms with van der Waals surface area (Å²) in [5.74, 6) is 0.876. The summed E-state index contributed by atoms with van der Waals surface area (Å²) in [6.07, 6.45) is 5.59. The first-order chi connectivity index (χ1) is 6.75. The van der Waals surface area contributed by atoms with Gasteiger partial charge in [-0.3, -0.25) is 9.78 Å². The van der Waals surface area contributed by atoms with Crippen LogP contribution in [-0.4, -0.2) is 20.0 Å². The van der Waals surface area contributed by atoms with E-state index in [1.54, 1.807) is 10.9 Å². The van der Waals surface area contributed by atoms with Crippen LogP contribution in [0.2, 0.25) is 0 Å². The quantitative estimate of drug-likeness (QED) is 0.769. The molecule has 5 nitrogen and oxygen atoms in total. The Morgan fingerprint density at radius 3 is 3.00 bits per heavy atom. The van der Waals surface area contributed by atoms with Gasteiger partial charge in [0.2, 0.25) is 0 Å². The third-order valence-corrected chi connectivity index (χ3v) is 2.10. The molecule has 0 aliphatic rings. The predicted octanol–water partition coefficient (Wildman–Crippen LogP) is 1.32. The molecule has 0 aliphatic heterocycles.